The zero-order chi connectivity index (χ0) is 12.3. The second kappa shape index (κ2) is 5.15. The zero-order valence-electron chi connectivity index (χ0n) is 11.2. The van der Waals surface area contributed by atoms with E-state index < -0.39 is 0 Å². The van der Waals surface area contributed by atoms with Crippen LogP contribution in [0, 0.1) is 5.92 Å². The van der Waals surface area contributed by atoms with E-state index in [4.69, 9.17) is 0 Å². The molecule has 1 N–H and O–H groups in total. The molecule has 94 valence electrons. The molecular formula is C12H25N3O. The van der Waals surface area contributed by atoms with Crippen LogP contribution in [0.15, 0.2) is 0 Å². The lowest BCUT2D eigenvalue weighted by Gasteiger charge is -2.45. The van der Waals surface area contributed by atoms with Crippen LogP contribution in [-0.2, 0) is 4.79 Å². The molecule has 0 aromatic carbocycles. The van der Waals surface area contributed by atoms with Gasteiger partial charge in [-0.25, -0.2) is 0 Å². The minimum atomic E-state index is 0.0733. The van der Waals surface area contributed by atoms with Crippen molar-refractivity contribution in [2.45, 2.75) is 26.3 Å². The van der Waals surface area contributed by atoms with Gasteiger partial charge in [0.25, 0.3) is 0 Å². The van der Waals surface area contributed by atoms with Gasteiger partial charge >= 0.3 is 0 Å². The first-order valence-electron chi connectivity index (χ1n) is 6.03. The third-order valence-corrected chi connectivity index (χ3v) is 3.56. The fourth-order valence-electron chi connectivity index (χ4n) is 2.13. The van der Waals surface area contributed by atoms with Crippen LogP contribution in [0.5, 0.6) is 0 Å². The third kappa shape index (κ3) is 2.95. The van der Waals surface area contributed by atoms with Crippen LogP contribution in [0.1, 0.15) is 20.8 Å². The van der Waals surface area contributed by atoms with Gasteiger partial charge in [0.1, 0.15) is 0 Å². The summed E-state index contributed by atoms with van der Waals surface area (Å²) in [7, 11) is 4.01. The van der Waals surface area contributed by atoms with Crippen LogP contribution in [0.25, 0.3) is 0 Å². The smallest absolute Gasteiger partial charge is 0.226 e. The SMILES string of the molecule is CNCC(C)C(=O)N1CCN(C)C(C)(C)C1. The van der Waals surface area contributed by atoms with Gasteiger partial charge in [0, 0.05) is 37.6 Å². The first-order chi connectivity index (χ1) is 7.38. The number of amides is 1. The van der Waals surface area contributed by atoms with E-state index in [2.05, 4.69) is 31.1 Å². The summed E-state index contributed by atoms with van der Waals surface area (Å²) in [6.07, 6.45) is 0. The van der Waals surface area contributed by atoms with E-state index in [1.54, 1.807) is 0 Å². The largest absolute Gasteiger partial charge is 0.339 e. The van der Waals surface area contributed by atoms with E-state index in [1.807, 2.05) is 18.9 Å². The van der Waals surface area contributed by atoms with E-state index in [0.717, 1.165) is 26.2 Å². The van der Waals surface area contributed by atoms with E-state index in [0.29, 0.717) is 0 Å². The molecule has 4 heteroatoms. The number of hydrogen-bond acceptors (Lipinski definition) is 3. The second-order valence-electron chi connectivity index (χ2n) is 5.45. The van der Waals surface area contributed by atoms with Gasteiger partial charge in [0.15, 0.2) is 0 Å². The summed E-state index contributed by atoms with van der Waals surface area (Å²) in [6, 6.07) is 0. The van der Waals surface area contributed by atoms with Crippen LogP contribution >= 0.6 is 0 Å². The molecule has 0 aromatic rings. The van der Waals surface area contributed by atoms with Crippen LogP contribution in [0.4, 0.5) is 0 Å². The van der Waals surface area contributed by atoms with Gasteiger partial charge in [0.2, 0.25) is 5.91 Å². The molecule has 0 aliphatic carbocycles. The number of carbonyl (C=O) groups excluding carboxylic acids is 1. The second-order valence-corrected chi connectivity index (χ2v) is 5.45. The highest BCUT2D eigenvalue weighted by Crippen LogP contribution is 2.20. The number of likely N-dealkylation sites (N-methyl/N-ethyl adjacent to an activating group) is 1. The van der Waals surface area contributed by atoms with Gasteiger partial charge in [-0.05, 0) is 27.9 Å². The Hall–Kier alpha value is -0.610. The standard InChI is InChI=1S/C12H25N3O/c1-10(8-13-4)11(16)15-7-6-14(5)12(2,3)9-15/h10,13H,6-9H2,1-5H3. The predicted molar refractivity (Wildman–Crippen MR) is 66.4 cm³/mol. The van der Waals surface area contributed by atoms with Gasteiger partial charge in [-0.1, -0.05) is 6.92 Å². The van der Waals surface area contributed by atoms with Crippen molar-refractivity contribution in [2.24, 2.45) is 5.92 Å². The van der Waals surface area contributed by atoms with E-state index in [1.165, 1.54) is 0 Å². The molecular weight excluding hydrogens is 202 g/mol. The number of piperazine rings is 1. The molecule has 0 saturated carbocycles. The van der Waals surface area contributed by atoms with E-state index >= 15 is 0 Å². The first-order valence-corrected chi connectivity index (χ1v) is 6.03. The molecule has 1 unspecified atom stereocenters. The Balaban J connectivity index is 2.59. The molecule has 4 nitrogen and oxygen atoms in total. The molecule has 0 aromatic heterocycles. The third-order valence-electron chi connectivity index (χ3n) is 3.56. The molecule has 1 heterocycles. The normalized spacial score (nSPS) is 23.2. The fraction of sp³-hybridized carbons (Fsp3) is 0.917. The van der Waals surface area contributed by atoms with Crippen LogP contribution in [0.2, 0.25) is 0 Å². The maximum Gasteiger partial charge on any atom is 0.226 e. The molecule has 0 bridgehead atoms. The van der Waals surface area contributed by atoms with Crippen molar-refractivity contribution >= 4 is 5.91 Å². The van der Waals surface area contributed by atoms with Gasteiger partial charge in [-0.15, -0.1) is 0 Å². The highest BCUT2D eigenvalue weighted by atomic mass is 16.2. The maximum atomic E-state index is 12.1. The highest BCUT2D eigenvalue weighted by Gasteiger charge is 2.34. The Morgan fingerprint density at radius 3 is 2.56 bits per heavy atom. The van der Waals surface area contributed by atoms with Crippen LogP contribution < -0.4 is 5.32 Å². The number of nitrogens with one attached hydrogen (secondary N) is 1. The summed E-state index contributed by atoms with van der Waals surface area (Å²) in [4.78, 5) is 16.5. The molecule has 1 atom stereocenters. The average Bonchev–Trinajstić information content (AvgIpc) is 2.21. The number of carbonyl (C=O) groups is 1. The van der Waals surface area contributed by atoms with E-state index in [9.17, 15) is 4.79 Å². The van der Waals surface area contributed by atoms with Gasteiger partial charge in [0.05, 0.1) is 0 Å². The van der Waals surface area contributed by atoms with Crippen molar-refractivity contribution in [3.05, 3.63) is 0 Å². The zero-order valence-corrected chi connectivity index (χ0v) is 11.2. The maximum absolute atomic E-state index is 12.1. The number of nitrogens with zero attached hydrogens (tertiary/aromatic N) is 2. The first kappa shape index (κ1) is 13.5. The molecule has 1 rings (SSSR count). The predicted octanol–water partition coefficient (Wildman–Crippen LogP) is 0.395. The topological polar surface area (TPSA) is 35.6 Å². The van der Waals surface area contributed by atoms with Crippen molar-refractivity contribution in [1.29, 1.82) is 0 Å². The highest BCUT2D eigenvalue weighted by molar-refractivity contribution is 5.79. The summed E-state index contributed by atoms with van der Waals surface area (Å²) in [5.41, 5.74) is 0.0905. The minimum absolute atomic E-state index is 0.0733. The van der Waals surface area contributed by atoms with Gasteiger partial charge < -0.3 is 10.2 Å². The molecule has 0 spiro atoms. The Morgan fingerprint density at radius 2 is 2.06 bits per heavy atom. The van der Waals surface area contributed by atoms with Crippen molar-refractivity contribution in [1.82, 2.24) is 15.1 Å². The number of hydrogen-bond donors (Lipinski definition) is 1. The monoisotopic (exact) mass is 227 g/mol. The summed E-state index contributed by atoms with van der Waals surface area (Å²) in [6.45, 7) is 9.77. The molecule has 0 radical (unpaired) electrons. The summed E-state index contributed by atoms with van der Waals surface area (Å²) in [5, 5.41) is 3.06. The molecule has 1 aliphatic heterocycles. The lowest BCUT2D eigenvalue weighted by atomic mass is 9.98. The Labute approximate surface area is 99.0 Å². The Bertz CT molecular complexity index is 253. The van der Waals surface area contributed by atoms with Gasteiger partial charge in [-0.3, -0.25) is 9.69 Å². The lowest BCUT2D eigenvalue weighted by molar-refractivity contribution is -0.139. The van der Waals surface area contributed by atoms with Crippen molar-refractivity contribution in [2.75, 3.05) is 40.3 Å². The van der Waals surface area contributed by atoms with Crippen molar-refractivity contribution in [3.8, 4) is 0 Å². The average molecular weight is 227 g/mol. The number of rotatable bonds is 3. The molecule has 16 heavy (non-hydrogen) atoms. The van der Waals surface area contributed by atoms with Crippen molar-refractivity contribution < 1.29 is 4.79 Å². The quantitative estimate of drug-likeness (QED) is 0.758. The summed E-state index contributed by atoms with van der Waals surface area (Å²) >= 11 is 0. The molecule has 1 amide bonds. The van der Waals surface area contributed by atoms with Crippen LogP contribution in [-0.4, -0.2) is 61.5 Å². The molecule has 1 fully saturated rings. The Morgan fingerprint density at radius 1 is 1.44 bits per heavy atom. The lowest BCUT2D eigenvalue weighted by Crippen LogP contribution is -2.59. The summed E-state index contributed by atoms with van der Waals surface area (Å²) < 4.78 is 0. The minimum Gasteiger partial charge on any atom is -0.339 e. The fourth-order valence-corrected chi connectivity index (χ4v) is 2.13. The van der Waals surface area contributed by atoms with Gasteiger partial charge in [-0.2, -0.15) is 0 Å². The Kier molecular flexibility index (Phi) is 4.33. The van der Waals surface area contributed by atoms with E-state index in [-0.39, 0.29) is 17.4 Å². The van der Waals surface area contributed by atoms with Crippen LogP contribution in [0.3, 0.4) is 0 Å². The molecule has 1 saturated heterocycles. The summed E-state index contributed by atoms with van der Waals surface area (Å²) in [5.74, 6) is 0.347. The molecule has 1 aliphatic rings. The van der Waals surface area contributed by atoms with Crippen molar-refractivity contribution in [3.63, 3.8) is 0 Å².